The van der Waals surface area contributed by atoms with Crippen molar-refractivity contribution in [1.82, 2.24) is 5.32 Å². The van der Waals surface area contributed by atoms with E-state index in [0.717, 1.165) is 0 Å². The molecule has 8 heteroatoms. The molecule has 1 aromatic carbocycles. The maximum absolute atomic E-state index is 11.5. The van der Waals surface area contributed by atoms with E-state index in [4.69, 9.17) is 9.88 Å². The van der Waals surface area contributed by atoms with Gasteiger partial charge < -0.3 is 15.4 Å². The van der Waals surface area contributed by atoms with Gasteiger partial charge in [-0.1, -0.05) is 6.07 Å². The number of sulfonamides is 1. The van der Waals surface area contributed by atoms with Crippen LogP contribution in [0.15, 0.2) is 29.2 Å². The molecule has 1 rings (SSSR count). The molecule has 124 valence electrons. The molecule has 1 amide bonds. The first-order valence-electron chi connectivity index (χ1n) is 6.83. The van der Waals surface area contributed by atoms with Crippen LogP contribution in [-0.2, 0) is 14.8 Å². The van der Waals surface area contributed by atoms with E-state index in [-0.39, 0.29) is 10.9 Å². The fourth-order valence-corrected chi connectivity index (χ4v) is 2.21. The number of carbonyl (C=O) groups excluding carboxylic acids is 1. The Kier molecular flexibility index (Phi) is 5.78. The molecule has 4 N–H and O–H groups in total. The van der Waals surface area contributed by atoms with Crippen LogP contribution in [0, 0.1) is 0 Å². The van der Waals surface area contributed by atoms with Gasteiger partial charge in [-0.2, -0.15) is 0 Å². The molecule has 0 saturated carbocycles. The van der Waals surface area contributed by atoms with Gasteiger partial charge in [0.1, 0.15) is 5.60 Å². The number of nitrogens with one attached hydrogen (secondary N) is 2. The largest absolute Gasteiger partial charge is 0.444 e. The van der Waals surface area contributed by atoms with Crippen molar-refractivity contribution in [2.24, 2.45) is 5.14 Å². The predicted molar refractivity (Wildman–Crippen MR) is 85.1 cm³/mol. The first-order chi connectivity index (χ1) is 9.97. The van der Waals surface area contributed by atoms with Crippen molar-refractivity contribution in [1.29, 1.82) is 0 Å². The topological polar surface area (TPSA) is 111 Å². The second kappa shape index (κ2) is 6.97. The molecule has 0 aliphatic rings. The van der Waals surface area contributed by atoms with E-state index in [9.17, 15) is 13.2 Å². The summed E-state index contributed by atoms with van der Waals surface area (Å²) in [5.74, 6) is 0. The monoisotopic (exact) mass is 329 g/mol. The fraction of sp³-hybridized carbons (Fsp3) is 0.500. The summed E-state index contributed by atoms with van der Waals surface area (Å²) in [5.41, 5.74) is 0.0508. The third kappa shape index (κ3) is 6.77. The molecular formula is C14H23N3O4S. The van der Waals surface area contributed by atoms with Crippen LogP contribution in [0.2, 0.25) is 0 Å². The summed E-state index contributed by atoms with van der Waals surface area (Å²) in [6.07, 6.45) is -0.501. The van der Waals surface area contributed by atoms with Crippen LogP contribution in [0.1, 0.15) is 27.7 Å². The molecule has 0 radical (unpaired) electrons. The van der Waals surface area contributed by atoms with Crippen LogP contribution in [0.5, 0.6) is 0 Å². The van der Waals surface area contributed by atoms with E-state index in [1.165, 1.54) is 12.1 Å². The van der Waals surface area contributed by atoms with Crippen LogP contribution in [0.4, 0.5) is 10.5 Å². The van der Waals surface area contributed by atoms with E-state index >= 15 is 0 Å². The van der Waals surface area contributed by atoms with Gasteiger partial charge in [-0.05, 0) is 45.9 Å². The zero-order valence-corrected chi connectivity index (χ0v) is 14.0. The number of hydrogen-bond acceptors (Lipinski definition) is 5. The molecule has 0 spiro atoms. The summed E-state index contributed by atoms with van der Waals surface area (Å²) in [6, 6.07) is 6.06. The Bertz CT molecular complexity index is 623. The maximum Gasteiger partial charge on any atom is 0.407 e. The highest BCUT2D eigenvalue weighted by Gasteiger charge is 2.16. The first-order valence-corrected chi connectivity index (χ1v) is 8.38. The Morgan fingerprint density at radius 1 is 1.36 bits per heavy atom. The Morgan fingerprint density at radius 3 is 2.55 bits per heavy atom. The van der Waals surface area contributed by atoms with Crippen LogP contribution in [-0.4, -0.2) is 32.7 Å². The van der Waals surface area contributed by atoms with Crippen molar-refractivity contribution < 1.29 is 17.9 Å². The average Bonchev–Trinajstić information content (AvgIpc) is 2.34. The van der Waals surface area contributed by atoms with Crippen LogP contribution >= 0.6 is 0 Å². The maximum atomic E-state index is 11.5. The second-order valence-electron chi connectivity index (χ2n) is 6.00. The molecule has 1 aromatic rings. The number of anilines is 1. The lowest BCUT2D eigenvalue weighted by Crippen LogP contribution is -2.38. The second-order valence-corrected chi connectivity index (χ2v) is 7.56. The molecule has 0 fully saturated rings. The first kappa shape index (κ1) is 18.2. The summed E-state index contributed by atoms with van der Waals surface area (Å²) in [6.45, 7) is 7.53. The standard InChI is InChI=1S/C14H23N3O4S/c1-10(9-16-13(18)21-14(2,3)4)17-11-6-5-7-12(8-11)22(15,19)20/h5-8,10,17H,9H2,1-4H3,(H,16,18)(H2,15,19,20). The highest BCUT2D eigenvalue weighted by atomic mass is 32.2. The smallest absolute Gasteiger partial charge is 0.407 e. The lowest BCUT2D eigenvalue weighted by molar-refractivity contribution is 0.0526. The zero-order valence-electron chi connectivity index (χ0n) is 13.2. The van der Waals surface area contributed by atoms with Gasteiger partial charge in [-0.25, -0.2) is 18.4 Å². The van der Waals surface area contributed by atoms with E-state index in [1.54, 1.807) is 32.9 Å². The fourth-order valence-electron chi connectivity index (χ4n) is 1.65. The molecule has 1 atom stereocenters. The van der Waals surface area contributed by atoms with Crippen LogP contribution in [0.3, 0.4) is 0 Å². The molecule has 22 heavy (non-hydrogen) atoms. The SMILES string of the molecule is CC(CNC(=O)OC(C)(C)C)Nc1cccc(S(N)(=O)=O)c1. The van der Waals surface area contributed by atoms with Crippen molar-refractivity contribution in [3.63, 3.8) is 0 Å². The number of rotatable bonds is 5. The van der Waals surface area contributed by atoms with Gasteiger partial charge in [0.2, 0.25) is 10.0 Å². The predicted octanol–water partition coefficient (Wildman–Crippen LogP) is 1.66. The molecule has 0 saturated heterocycles. The van der Waals surface area contributed by atoms with E-state index in [2.05, 4.69) is 10.6 Å². The minimum atomic E-state index is -3.74. The van der Waals surface area contributed by atoms with Gasteiger partial charge in [0.05, 0.1) is 4.90 Å². The van der Waals surface area contributed by atoms with Gasteiger partial charge in [0.15, 0.2) is 0 Å². The molecule has 0 aliphatic carbocycles. The zero-order chi connectivity index (χ0) is 17.0. The molecular weight excluding hydrogens is 306 g/mol. The average molecular weight is 329 g/mol. The normalized spacial score (nSPS) is 13.3. The minimum absolute atomic E-state index is 0.0322. The highest BCUT2D eigenvalue weighted by molar-refractivity contribution is 7.89. The van der Waals surface area contributed by atoms with Gasteiger partial charge in [-0.15, -0.1) is 0 Å². The van der Waals surface area contributed by atoms with Crippen molar-refractivity contribution in [3.8, 4) is 0 Å². The quantitative estimate of drug-likeness (QED) is 0.761. The van der Waals surface area contributed by atoms with Gasteiger partial charge in [-0.3, -0.25) is 0 Å². The molecule has 0 aliphatic heterocycles. The minimum Gasteiger partial charge on any atom is -0.444 e. The number of alkyl carbamates (subject to hydrolysis) is 1. The van der Waals surface area contributed by atoms with Gasteiger partial charge in [0.25, 0.3) is 0 Å². The summed E-state index contributed by atoms with van der Waals surface area (Å²) in [4.78, 5) is 11.6. The van der Waals surface area contributed by atoms with Crippen molar-refractivity contribution in [2.45, 2.75) is 44.2 Å². The number of benzene rings is 1. The highest BCUT2D eigenvalue weighted by Crippen LogP contribution is 2.15. The molecule has 0 bridgehead atoms. The molecule has 0 heterocycles. The van der Waals surface area contributed by atoms with Crippen molar-refractivity contribution in [3.05, 3.63) is 24.3 Å². The van der Waals surface area contributed by atoms with Crippen LogP contribution < -0.4 is 15.8 Å². The third-order valence-corrected chi connectivity index (χ3v) is 3.44. The van der Waals surface area contributed by atoms with Gasteiger partial charge in [0, 0.05) is 18.3 Å². The number of hydrogen-bond donors (Lipinski definition) is 3. The summed E-state index contributed by atoms with van der Waals surface area (Å²) < 4.78 is 27.7. The summed E-state index contributed by atoms with van der Waals surface area (Å²) in [5, 5.41) is 10.8. The Hall–Kier alpha value is -1.80. The summed E-state index contributed by atoms with van der Waals surface area (Å²) >= 11 is 0. The number of nitrogens with two attached hydrogens (primary N) is 1. The lowest BCUT2D eigenvalue weighted by atomic mass is 10.2. The molecule has 1 unspecified atom stereocenters. The number of primary sulfonamides is 1. The number of amides is 1. The van der Waals surface area contributed by atoms with Crippen molar-refractivity contribution >= 4 is 21.8 Å². The molecule has 7 nitrogen and oxygen atoms in total. The van der Waals surface area contributed by atoms with Crippen LogP contribution in [0.25, 0.3) is 0 Å². The van der Waals surface area contributed by atoms with Crippen molar-refractivity contribution in [2.75, 3.05) is 11.9 Å². The van der Waals surface area contributed by atoms with E-state index < -0.39 is 21.7 Å². The lowest BCUT2D eigenvalue weighted by Gasteiger charge is -2.21. The molecule has 0 aromatic heterocycles. The Balaban J connectivity index is 2.56. The Labute approximate surface area is 131 Å². The number of carbonyl (C=O) groups is 1. The summed E-state index contributed by atoms with van der Waals surface area (Å²) in [7, 11) is -3.74. The third-order valence-electron chi connectivity index (χ3n) is 2.53. The van der Waals surface area contributed by atoms with E-state index in [1.807, 2.05) is 6.92 Å². The van der Waals surface area contributed by atoms with E-state index in [0.29, 0.717) is 12.2 Å². The number of ether oxygens (including phenoxy) is 1. The Morgan fingerprint density at radius 2 is 2.00 bits per heavy atom. The van der Waals surface area contributed by atoms with Gasteiger partial charge >= 0.3 is 6.09 Å².